The van der Waals surface area contributed by atoms with Gasteiger partial charge in [0.1, 0.15) is 17.8 Å². The van der Waals surface area contributed by atoms with E-state index in [1.807, 2.05) is 37.3 Å². The van der Waals surface area contributed by atoms with Gasteiger partial charge in [-0.3, -0.25) is 14.5 Å². The van der Waals surface area contributed by atoms with Gasteiger partial charge in [0.25, 0.3) is 5.91 Å². The zero-order valence-electron chi connectivity index (χ0n) is 16.6. The zero-order chi connectivity index (χ0) is 20.9. The minimum atomic E-state index is -1.02. The van der Waals surface area contributed by atoms with E-state index in [-0.39, 0.29) is 12.5 Å². The van der Waals surface area contributed by atoms with Crippen LogP contribution in [0.2, 0.25) is 0 Å². The number of carbonyl (C=O) groups is 3. The predicted octanol–water partition coefficient (Wildman–Crippen LogP) is 2.97. The average Bonchev–Trinajstić information content (AvgIpc) is 2.92. The third-order valence-electron chi connectivity index (χ3n) is 4.85. The van der Waals surface area contributed by atoms with E-state index in [4.69, 9.17) is 4.74 Å². The van der Waals surface area contributed by atoms with Gasteiger partial charge in [0.2, 0.25) is 5.91 Å². The van der Waals surface area contributed by atoms with Crippen LogP contribution in [0.3, 0.4) is 0 Å². The summed E-state index contributed by atoms with van der Waals surface area (Å²) in [5, 5.41) is 5.43. The normalized spacial score (nSPS) is 18.5. The van der Waals surface area contributed by atoms with E-state index in [0.717, 1.165) is 10.5 Å². The van der Waals surface area contributed by atoms with Gasteiger partial charge in [0.15, 0.2) is 0 Å². The van der Waals surface area contributed by atoms with Crippen LogP contribution in [0, 0.1) is 0 Å². The van der Waals surface area contributed by atoms with Crippen molar-refractivity contribution < 1.29 is 19.1 Å². The van der Waals surface area contributed by atoms with Crippen molar-refractivity contribution in [3.8, 4) is 5.75 Å². The predicted molar refractivity (Wildman–Crippen MR) is 110 cm³/mol. The lowest BCUT2D eigenvalue weighted by atomic mass is 9.93. The van der Waals surface area contributed by atoms with Crippen LogP contribution < -0.4 is 15.4 Å². The van der Waals surface area contributed by atoms with Gasteiger partial charge in [-0.05, 0) is 56.5 Å². The van der Waals surface area contributed by atoms with E-state index in [2.05, 4.69) is 10.6 Å². The molecule has 0 bridgehead atoms. The molecule has 2 aromatic rings. The first kappa shape index (κ1) is 20.4. The lowest BCUT2D eigenvalue weighted by Gasteiger charge is -2.21. The summed E-state index contributed by atoms with van der Waals surface area (Å²) in [5.41, 5.74) is 0.631. The fraction of sp³-hybridized carbons (Fsp3) is 0.318. The number of amides is 4. The Hall–Kier alpha value is -3.35. The van der Waals surface area contributed by atoms with Crippen LogP contribution in [0.5, 0.6) is 5.75 Å². The summed E-state index contributed by atoms with van der Waals surface area (Å²) in [4.78, 5) is 38.4. The number of hydrogen-bond donors (Lipinski definition) is 2. The minimum absolute atomic E-state index is 0.335. The number of anilines is 1. The standard InChI is InChI=1S/C22H25N3O4/c1-3-29-18-11-9-17(10-12-18)23-19(26)15-25-20(27)22(2,24-21(25)28)14-13-16-7-5-4-6-8-16/h4-12H,3,13-15H2,1-2H3,(H,23,26)(H,24,28)/t22-/m0/s1. The highest BCUT2D eigenvalue weighted by Crippen LogP contribution is 2.23. The quantitative estimate of drug-likeness (QED) is 0.673. The molecule has 1 aliphatic rings. The van der Waals surface area contributed by atoms with Crippen molar-refractivity contribution in [3.05, 3.63) is 60.2 Å². The second kappa shape index (κ2) is 8.77. The first-order valence-electron chi connectivity index (χ1n) is 9.62. The number of benzene rings is 2. The van der Waals surface area contributed by atoms with E-state index < -0.39 is 17.5 Å². The molecule has 2 aromatic carbocycles. The highest BCUT2D eigenvalue weighted by Gasteiger charge is 2.47. The third-order valence-corrected chi connectivity index (χ3v) is 4.85. The van der Waals surface area contributed by atoms with E-state index in [1.165, 1.54) is 0 Å². The maximum atomic E-state index is 12.8. The molecular weight excluding hydrogens is 370 g/mol. The molecule has 0 radical (unpaired) electrons. The Bertz CT molecular complexity index is 883. The lowest BCUT2D eigenvalue weighted by Crippen LogP contribution is -2.45. The molecule has 1 heterocycles. The molecular formula is C22H25N3O4. The van der Waals surface area contributed by atoms with Gasteiger partial charge in [-0.1, -0.05) is 30.3 Å². The fourth-order valence-corrected chi connectivity index (χ4v) is 3.24. The molecule has 7 heteroatoms. The van der Waals surface area contributed by atoms with Crippen molar-refractivity contribution in [1.29, 1.82) is 0 Å². The summed E-state index contributed by atoms with van der Waals surface area (Å²) in [7, 11) is 0. The van der Waals surface area contributed by atoms with Crippen LogP contribution >= 0.6 is 0 Å². The number of rotatable bonds is 8. The van der Waals surface area contributed by atoms with E-state index >= 15 is 0 Å². The summed E-state index contributed by atoms with van der Waals surface area (Å²) in [6, 6.07) is 16.1. The van der Waals surface area contributed by atoms with Crippen molar-refractivity contribution in [2.24, 2.45) is 0 Å². The third kappa shape index (κ3) is 4.93. The Balaban J connectivity index is 1.58. The summed E-state index contributed by atoms with van der Waals surface area (Å²) < 4.78 is 5.36. The van der Waals surface area contributed by atoms with Crippen molar-refractivity contribution >= 4 is 23.5 Å². The Kier molecular flexibility index (Phi) is 6.16. The summed E-state index contributed by atoms with van der Waals surface area (Å²) in [6.07, 6.45) is 1.11. The molecule has 1 atom stereocenters. The fourth-order valence-electron chi connectivity index (χ4n) is 3.24. The first-order chi connectivity index (χ1) is 13.9. The highest BCUT2D eigenvalue weighted by atomic mass is 16.5. The number of nitrogens with one attached hydrogen (secondary N) is 2. The lowest BCUT2D eigenvalue weighted by molar-refractivity contribution is -0.133. The maximum Gasteiger partial charge on any atom is 0.325 e. The van der Waals surface area contributed by atoms with Crippen LogP contribution in [0.4, 0.5) is 10.5 Å². The molecule has 0 aliphatic carbocycles. The van der Waals surface area contributed by atoms with Crippen LogP contribution in [0.1, 0.15) is 25.8 Å². The molecule has 4 amide bonds. The SMILES string of the molecule is CCOc1ccc(NC(=O)CN2C(=O)N[C@@](C)(CCc3ccccc3)C2=O)cc1. The summed E-state index contributed by atoms with van der Waals surface area (Å²) in [5.74, 6) is -0.126. The van der Waals surface area contributed by atoms with Crippen LogP contribution in [0.15, 0.2) is 54.6 Å². The van der Waals surface area contributed by atoms with Gasteiger partial charge in [-0.15, -0.1) is 0 Å². The monoisotopic (exact) mass is 395 g/mol. The summed E-state index contributed by atoms with van der Waals surface area (Å²) in [6.45, 7) is 3.81. The molecule has 0 aromatic heterocycles. The van der Waals surface area contributed by atoms with Gasteiger partial charge in [0.05, 0.1) is 6.61 Å². The van der Waals surface area contributed by atoms with Gasteiger partial charge in [-0.25, -0.2) is 4.79 Å². The Morgan fingerprint density at radius 1 is 1.10 bits per heavy atom. The summed E-state index contributed by atoms with van der Waals surface area (Å²) >= 11 is 0. The van der Waals surface area contributed by atoms with Crippen LogP contribution in [-0.2, 0) is 16.0 Å². The second-order valence-electron chi connectivity index (χ2n) is 7.14. The minimum Gasteiger partial charge on any atom is -0.494 e. The van der Waals surface area contributed by atoms with Gasteiger partial charge in [0, 0.05) is 5.69 Å². The number of ether oxygens (including phenoxy) is 1. The van der Waals surface area contributed by atoms with Crippen LogP contribution in [0.25, 0.3) is 0 Å². The molecule has 29 heavy (non-hydrogen) atoms. The van der Waals surface area contributed by atoms with Crippen molar-refractivity contribution in [2.75, 3.05) is 18.5 Å². The van der Waals surface area contributed by atoms with Gasteiger partial charge in [-0.2, -0.15) is 0 Å². The number of hydrogen-bond acceptors (Lipinski definition) is 4. The highest BCUT2D eigenvalue weighted by molar-refractivity contribution is 6.09. The topological polar surface area (TPSA) is 87.7 Å². The molecule has 0 unspecified atom stereocenters. The molecule has 1 saturated heterocycles. The first-order valence-corrected chi connectivity index (χ1v) is 9.62. The van der Waals surface area contributed by atoms with Crippen LogP contribution in [-0.4, -0.2) is 41.4 Å². The number of aryl methyl sites for hydroxylation is 1. The van der Waals surface area contributed by atoms with E-state index in [0.29, 0.717) is 30.9 Å². The second-order valence-corrected chi connectivity index (χ2v) is 7.14. The molecule has 2 N–H and O–H groups in total. The smallest absolute Gasteiger partial charge is 0.325 e. The number of imide groups is 1. The molecule has 0 saturated carbocycles. The number of carbonyl (C=O) groups excluding carboxylic acids is 3. The molecule has 7 nitrogen and oxygen atoms in total. The zero-order valence-corrected chi connectivity index (χ0v) is 16.6. The molecule has 3 rings (SSSR count). The molecule has 0 spiro atoms. The maximum absolute atomic E-state index is 12.8. The van der Waals surface area contributed by atoms with Crippen molar-refractivity contribution in [2.45, 2.75) is 32.2 Å². The van der Waals surface area contributed by atoms with Crippen molar-refractivity contribution in [1.82, 2.24) is 10.2 Å². The number of nitrogens with zero attached hydrogens (tertiary/aromatic N) is 1. The van der Waals surface area contributed by atoms with Gasteiger partial charge < -0.3 is 15.4 Å². The van der Waals surface area contributed by atoms with E-state index in [9.17, 15) is 14.4 Å². The van der Waals surface area contributed by atoms with Crippen molar-refractivity contribution in [3.63, 3.8) is 0 Å². The van der Waals surface area contributed by atoms with E-state index in [1.54, 1.807) is 31.2 Å². The van der Waals surface area contributed by atoms with Gasteiger partial charge >= 0.3 is 6.03 Å². The molecule has 1 aliphatic heterocycles. The Labute approximate surface area is 170 Å². The molecule has 1 fully saturated rings. The largest absolute Gasteiger partial charge is 0.494 e. The Morgan fingerprint density at radius 3 is 2.45 bits per heavy atom. The Morgan fingerprint density at radius 2 is 1.79 bits per heavy atom. The molecule has 152 valence electrons. The average molecular weight is 395 g/mol. The number of urea groups is 1.